The summed E-state index contributed by atoms with van der Waals surface area (Å²) in [4.78, 5) is 24.8. The van der Waals surface area contributed by atoms with E-state index in [1.807, 2.05) is 12.1 Å². The predicted octanol–water partition coefficient (Wildman–Crippen LogP) is 4.40. The normalized spacial score (nSPS) is 16.0. The number of benzene rings is 2. The molecule has 1 amide bonds. The second kappa shape index (κ2) is 10.2. The Labute approximate surface area is 205 Å². The van der Waals surface area contributed by atoms with E-state index in [4.69, 9.17) is 16.3 Å². The maximum Gasteiger partial charge on any atom is 0.308 e. The molecule has 3 aromatic rings. The minimum atomic E-state index is -3.82. The first-order valence-corrected chi connectivity index (χ1v) is 13.0. The first kappa shape index (κ1) is 24.3. The number of amides is 1. The van der Waals surface area contributed by atoms with Gasteiger partial charge >= 0.3 is 5.97 Å². The highest BCUT2D eigenvalue weighted by atomic mass is 35.5. The number of fused-ring (bicyclic) bond motifs is 1. The summed E-state index contributed by atoms with van der Waals surface area (Å²) in [6.07, 6.45) is 0.242. The second-order valence-electron chi connectivity index (χ2n) is 7.55. The van der Waals surface area contributed by atoms with Crippen LogP contribution in [-0.4, -0.2) is 37.8 Å². The summed E-state index contributed by atoms with van der Waals surface area (Å²) in [5, 5.41) is 4.16. The summed E-state index contributed by atoms with van der Waals surface area (Å²) in [5.41, 5.74) is 1.58. The van der Waals surface area contributed by atoms with E-state index in [1.54, 1.807) is 23.6 Å². The molecule has 1 aromatic heterocycles. The Morgan fingerprint density at radius 2 is 1.97 bits per heavy atom. The first-order valence-electron chi connectivity index (χ1n) is 10.3. The molecule has 0 bridgehead atoms. The van der Waals surface area contributed by atoms with Crippen molar-refractivity contribution in [2.45, 2.75) is 23.1 Å². The molecule has 1 atom stereocenters. The fourth-order valence-corrected chi connectivity index (χ4v) is 6.68. The van der Waals surface area contributed by atoms with Crippen LogP contribution in [0.5, 0.6) is 0 Å². The topological polar surface area (TPSA) is 92.8 Å². The molecule has 1 N–H and O–H groups in total. The number of nitrogens with one attached hydrogen (secondary N) is 1. The molecular weight excluding hydrogens is 503 g/mol. The zero-order valence-electron chi connectivity index (χ0n) is 17.7. The third kappa shape index (κ3) is 5.30. The van der Waals surface area contributed by atoms with Crippen LogP contribution in [-0.2, 0) is 30.8 Å². The number of ether oxygens (including phenoxy) is 1. The van der Waals surface area contributed by atoms with E-state index in [2.05, 4.69) is 5.32 Å². The van der Waals surface area contributed by atoms with Gasteiger partial charge in [-0.3, -0.25) is 9.59 Å². The molecule has 0 spiro atoms. The van der Waals surface area contributed by atoms with Crippen LogP contribution in [0, 0.1) is 5.82 Å². The number of hydrogen-bond acceptors (Lipinski definition) is 6. The number of thiophene rings is 1. The summed E-state index contributed by atoms with van der Waals surface area (Å²) in [6.45, 7) is -0.432. The molecule has 7 nitrogen and oxygen atoms in total. The van der Waals surface area contributed by atoms with Crippen molar-refractivity contribution in [3.8, 4) is 0 Å². The van der Waals surface area contributed by atoms with E-state index < -0.39 is 40.4 Å². The highest BCUT2D eigenvalue weighted by Crippen LogP contribution is 2.37. The maximum absolute atomic E-state index is 13.9. The molecule has 0 fully saturated rings. The third-order valence-corrected chi connectivity index (χ3v) is 8.87. The lowest BCUT2D eigenvalue weighted by Gasteiger charge is -2.35. The van der Waals surface area contributed by atoms with E-state index >= 15 is 0 Å². The first-order chi connectivity index (χ1) is 16.3. The number of sulfonamides is 1. The Hall–Kier alpha value is -2.79. The molecule has 2 heterocycles. The molecule has 2 aromatic carbocycles. The van der Waals surface area contributed by atoms with Gasteiger partial charge in [-0.2, -0.15) is 4.31 Å². The summed E-state index contributed by atoms with van der Waals surface area (Å²) >= 11 is 6.80. The number of halogens is 2. The van der Waals surface area contributed by atoms with E-state index in [0.717, 1.165) is 28.5 Å². The molecular formula is C23H20ClFN2O5S2. The smallest absolute Gasteiger partial charge is 0.308 e. The highest BCUT2D eigenvalue weighted by molar-refractivity contribution is 7.91. The van der Waals surface area contributed by atoms with Crippen molar-refractivity contribution in [3.05, 3.63) is 81.9 Å². The fourth-order valence-electron chi connectivity index (χ4n) is 3.79. The number of carbonyl (C=O) groups excluding carboxylic acids is 2. The predicted molar refractivity (Wildman–Crippen MR) is 127 cm³/mol. The minimum Gasteiger partial charge on any atom is -0.456 e. The minimum absolute atomic E-state index is 0.0973. The molecule has 34 heavy (non-hydrogen) atoms. The van der Waals surface area contributed by atoms with Crippen LogP contribution in [0.15, 0.2) is 64.2 Å². The molecule has 0 aliphatic carbocycles. The van der Waals surface area contributed by atoms with Gasteiger partial charge < -0.3 is 10.1 Å². The molecule has 11 heteroatoms. The summed E-state index contributed by atoms with van der Waals surface area (Å²) in [7, 11) is -3.82. The Kier molecular flexibility index (Phi) is 7.32. The van der Waals surface area contributed by atoms with Crippen molar-refractivity contribution in [1.29, 1.82) is 0 Å². The van der Waals surface area contributed by atoms with Crippen molar-refractivity contribution in [2.75, 3.05) is 18.5 Å². The van der Waals surface area contributed by atoms with E-state index in [1.165, 1.54) is 22.5 Å². The fraction of sp³-hybridized carbons (Fsp3) is 0.217. The van der Waals surface area contributed by atoms with E-state index in [9.17, 15) is 22.4 Å². The van der Waals surface area contributed by atoms with Gasteiger partial charge in [-0.1, -0.05) is 41.9 Å². The highest BCUT2D eigenvalue weighted by Gasteiger charge is 2.38. The standard InChI is InChI=1S/C23H20ClFN2O5S2/c24-16-7-8-19(18(25)12-16)26-21(28)14-32-22(29)13-20-17-5-2-1-4-15(17)9-10-27(20)34(30,31)23-6-3-11-33-23/h1-8,11-12,20H,9-10,13-14H2,(H,26,28). The van der Waals surface area contributed by atoms with Crippen molar-refractivity contribution >= 4 is 50.5 Å². The van der Waals surface area contributed by atoms with Crippen molar-refractivity contribution in [1.82, 2.24) is 4.31 Å². The second-order valence-corrected chi connectivity index (χ2v) is 11.1. The molecule has 0 radical (unpaired) electrons. The number of anilines is 1. The van der Waals surface area contributed by atoms with Gasteiger partial charge in [0.25, 0.3) is 15.9 Å². The van der Waals surface area contributed by atoms with Gasteiger partial charge in [0.15, 0.2) is 6.61 Å². The summed E-state index contributed by atoms with van der Waals surface area (Å²) < 4.78 is 47.0. The molecule has 1 aliphatic heterocycles. The number of nitrogens with zero attached hydrogens (tertiary/aromatic N) is 1. The maximum atomic E-state index is 13.9. The Morgan fingerprint density at radius 3 is 2.71 bits per heavy atom. The van der Waals surface area contributed by atoms with Gasteiger partial charge in [-0.05, 0) is 47.2 Å². The lowest BCUT2D eigenvalue weighted by atomic mass is 9.92. The van der Waals surface area contributed by atoms with Crippen LogP contribution in [0.3, 0.4) is 0 Å². The van der Waals surface area contributed by atoms with Crippen molar-refractivity contribution < 1.29 is 27.1 Å². The van der Waals surface area contributed by atoms with Crippen molar-refractivity contribution in [3.63, 3.8) is 0 Å². The largest absolute Gasteiger partial charge is 0.456 e. The van der Waals surface area contributed by atoms with Crippen LogP contribution in [0.2, 0.25) is 5.02 Å². The molecule has 0 saturated carbocycles. The number of esters is 1. The average molecular weight is 523 g/mol. The zero-order valence-corrected chi connectivity index (χ0v) is 20.1. The zero-order chi connectivity index (χ0) is 24.3. The Balaban J connectivity index is 1.47. The van der Waals surface area contributed by atoms with Crippen LogP contribution in [0.25, 0.3) is 0 Å². The molecule has 1 aliphatic rings. The number of rotatable bonds is 7. The number of hydrogen-bond donors (Lipinski definition) is 1. The SMILES string of the molecule is O=C(COC(=O)CC1c2ccccc2CCN1S(=O)(=O)c1cccs1)Nc1ccc(Cl)cc1F. The third-order valence-electron chi connectivity index (χ3n) is 5.35. The van der Waals surface area contributed by atoms with Gasteiger partial charge in [-0.25, -0.2) is 12.8 Å². The molecule has 178 valence electrons. The lowest BCUT2D eigenvalue weighted by Crippen LogP contribution is -2.41. The van der Waals surface area contributed by atoms with E-state index in [0.29, 0.717) is 6.42 Å². The van der Waals surface area contributed by atoms with E-state index in [-0.39, 0.29) is 27.9 Å². The van der Waals surface area contributed by atoms with Gasteiger partial charge in [-0.15, -0.1) is 11.3 Å². The molecule has 1 unspecified atom stereocenters. The summed E-state index contributed by atoms with van der Waals surface area (Å²) in [6, 6.07) is 13.5. The van der Waals surface area contributed by atoms with Gasteiger partial charge in [0.05, 0.1) is 18.2 Å². The quantitative estimate of drug-likeness (QED) is 0.464. The Bertz CT molecular complexity index is 1310. The number of carbonyl (C=O) groups is 2. The molecule has 4 rings (SSSR count). The monoisotopic (exact) mass is 522 g/mol. The van der Waals surface area contributed by atoms with Gasteiger partial charge in [0.1, 0.15) is 10.0 Å². The van der Waals surface area contributed by atoms with Crippen molar-refractivity contribution in [2.24, 2.45) is 0 Å². The van der Waals surface area contributed by atoms with Gasteiger partial charge in [0.2, 0.25) is 0 Å². The van der Waals surface area contributed by atoms with Gasteiger partial charge in [0, 0.05) is 11.6 Å². The van der Waals surface area contributed by atoms with Crippen LogP contribution in [0.4, 0.5) is 10.1 Å². The summed E-state index contributed by atoms with van der Waals surface area (Å²) in [5.74, 6) is -2.21. The Morgan fingerprint density at radius 1 is 1.18 bits per heavy atom. The lowest BCUT2D eigenvalue weighted by molar-refractivity contribution is -0.148. The van der Waals surface area contributed by atoms with Crippen LogP contribution < -0.4 is 5.32 Å². The van der Waals surface area contributed by atoms with Crippen LogP contribution in [0.1, 0.15) is 23.6 Å². The average Bonchev–Trinajstić information content (AvgIpc) is 3.36. The molecule has 0 saturated heterocycles. The van der Waals surface area contributed by atoms with Crippen LogP contribution >= 0.6 is 22.9 Å².